The van der Waals surface area contributed by atoms with Crippen molar-refractivity contribution in [2.45, 2.75) is 0 Å². The summed E-state index contributed by atoms with van der Waals surface area (Å²) in [6.07, 6.45) is 0. The van der Waals surface area contributed by atoms with E-state index in [-0.39, 0.29) is 31.0 Å². The molecule has 1 aromatic rings. The first kappa shape index (κ1) is 12.8. The number of phenolic OH excluding ortho intramolecular Hbond substituents is 1. The average molecular weight is 208 g/mol. The predicted molar refractivity (Wildman–Crippen MR) is 42.5 cm³/mol. The molecule has 0 saturated heterocycles. The van der Waals surface area contributed by atoms with E-state index in [0.717, 1.165) is 18.2 Å². The predicted octanol–water partition coefficient (Wildman–Crippen LogP) is -1.67. The Kier molecular flexibility index (Phi) is 4.48. The fourth-order valence-corrected chi connectivity index (χ4v) is 0.814. The van der Waals surface area contributed by atoms with Gasteiger partial charge in [0.2, 0.25) is 0 Å². The van der Waals surface area contributed by atoms with Crippen LogP contribution in [-0.2, 0) is 0 Å². The smallest absolute Gasteiger partial charge is 1.00 e. The van der Waals surface area contributed by atoms with Crippen molar-refractivity contribution >= 4 is 11.4 Å². The molecule has 0 aliphatic heterocycles. The summed E-state index contributed by atoms with van der Waals surface area (Å²) in [6.45, 7) is 0. The van der Waals surface area contributed by atoms with Crippen molar-refractivity contribution in [1.82, 2.24) is 0 Å². The largest absolute Gasteiger partial charge is 1.00 e. The summed E-state index contributed by atoms with van der Waals surface area (Å²) in [5, 5.41) is 29.5. The van der Waals surface area contributed by atoms with E-state index in [0.29, 0.717) is 0 Å². The van der Waals surface area contributed by atoms with Crippen LogP contribution in [0.1, 0.15) is 1.43 Å². The molecule has 0 amide bonds. The molecule has 1 rings (SSSR count). The molecule has 8 heteroatoms. The fraction of sp³-hybridized carbons (Fsp3) is 0. The van der Waals surface area contributed by atoms with Gasteiger partial charge >= 0.3 is 40.9 Å². The molecule has 0 spiro atoms. The SMILES string of the molecule is O=[N+]([O-])c1cccc([N+](=O)[O-])c1O.[H-].[Na+]. The van der Waals surface area contributed by atoms with Gasteiger partial charge in [0.15, 0.2) is 0 Å². The number of benzene rings is 1. The third-order valence-electron chi connectivity index (χ3n) is 1.39. The van der Waals surface area contributed by atoms with Gasteiger partial charge in [-0.3, -0.25) is 20.2 Å². The third kappa shape index (κ3) is 2.41. The molecule has 70 valence electrons. The Balaban J connectivity index is 0. The zero-order valence-corrected chi connectivity index (χ0v) is 9.21. The van der Waals surface area contributed by atoms with Crippen molar-refractivity contribution in [2.75, 3.05) is 0 Å². The summed E-state index contributed by atoms with van der Waals surface area (Å²) in [7, 11) is 0. The molecule has 0 aliphatic carbocycles. The topological polar surface area (TPSA) is 107 Å². The molecule has 0 bridgehead atoms. The second kappa shape index (κ2) is 4.89. The molecule has 0 saturated carbocycles. The number of aromatic hydroxyl groups is 1. The number of hydrogen-bond acceptors (Lipinski definition) is 5. The molecule has 0 atom stereocenters. The second-order valence-electron chi connectivity index (χ2n) is 2.16. The van der Waals surface area contributed by atoms with Gasteiger partial charge in [-0.1, -0.05) is 0 Å². The zero-order chi connectivity index (χ0) is 10.0. The number of para-hydroxylation sites is 1. The van der Waals surface area contributed by atoms with Gasteiger partial charge in [-0.25, -0.2) is 0 Å². The van der Waals surface area contributed by atoms with Gasteiger partial charge in [-0.05, 0) is 6.07 Å². The maximum atomic E-state index is 10.2. The van der Waals surface area contributed by atoms with Crippen LogP contribution in [0.2, 0.25) is 0 Å². The monoisotopic (exact) mass is 208 g/mol. The van der Waals surface area contributed by atoms with Gasteiger partial charge in [0.25, 0.3) is 5.75 Å². The van der Waals surface area contributed by atoms with Crippen molar-refractivity contribution < 1.29 is 45.9 Å². The zero-order valence-electron chi connectivity index (χ0n) is 8.21. The Morgan fingerprint density at radius 2 is 1.50 bits per heavy atom. The van der Waals surface area contributed by atoms with Crippen molar-refractivity contribution in [2.24, 2.45) is 0 Å². The summed E-state index contributed by atoms with van der Waals surface area (Å²) in [6, 6.07) is 3.11. The molecule has 1 aromatic carbocycles. The number of nitrogens with zero attached hydrogens (tertiary/aromatic N) is 2. The molecule has 0 aliphatic rings. The Labute approximate surface area is 101 Å². The number of phenols is 1. The maximum absolute atomic E-state index is 10.2. The minimum atomic E-state index is -0.919. The number of hydrogen-bond donors (Lipinski definition) is 1. The van der Waals surface area contributed by atoms with Crippen LogP contribution in [0.4, 0.5) is 11.4 Å². The van der Waals surface area contributed by atoms with Crippen molar-refractivity contribution in [1.29, 1.82) is 0 Å². The normalized spacial score (nSPS) is 8.86. The van der Waals surface area contributed by atoms with Crippen LogP contribution in [0.25, 0.3) is 0 Å². The molecular formula is C6H5N2NaO5. The summed E-state index contributed by atoms with van der Waals surface area (Å²) >= 11 is 0. The minimum Gasteiger partial charge on any atom is -1.00 e. The third-order valence-corrected chi connectivity index (χ3v) is 1.39. The summed E-state index contributed by atoms with van der Waals surface area (Å²) in [5.74, 6) is -0.919. The molecule has 0 aromatic heterocycles. The minimum absolute atomic E-state index is 0. The first-order chi connectivity index (χ1) is 6.04. The molecule has 0 unspecified atom stereocenters. The number of nitro groups is 2. The number of nitro benzene ring substituents is 2. The van der Waals surface area contributed by atoms with E-state index < -0.39 is 27.0 Å². The Hall–Kier alpha value is -1.18. The molecular weight excluding hydrogens is 203 g/mol. The van der Waals surface area contributed by atoms with Gasteiger partial charge in [0, 0.05) is 12.1 Å². The quantitative estimate of drug-likeness (QED) is 0.355. The van der Waals surface area contributed by atoms with Crippen LogP contribution < -0.4 is 29.6 Å². The van der Waals surface area contributed by atoms with Gasteiger partial charge < -0.3 is 6.53 Å². The van der Waals surface area contributed by atoms with Crippen molar-refractivity contribution in [3.8, 4) is 5.75 Å². The first-order valence-electron chi connectivity index (χ1n) is 3.15. The Bertz CT molecular complexity index is 354. The van der Waals surface area contributed by atoms with Crippen molar-refractivity contribution in [3.63, 3.8) is 0 Å². The van der Waals surface area contributed by atoms with Crippen LogP contribution in [0.15, 0.2) is 18.2 Å². The van der Waals surface area contributed by atoms with Crippen LogP contribution in [0, 0.1) is 20.2 Å². The molecule has 0 fully saturated rings. The van der Waals surface area contributed by atoms with E-state index >= 15 is 0 Å². The molecule has 0 heterocycles. The summed E-state index contributed by atoms with van der Waals surface area (Å²) in [5.41, 5.74) is -1.34. The van der Waals surface area contributed by atoms with Gasteiger partial charge in [-0.15, -0.1) is 0 Å². The van der Waals surface area contributed by atoms with E-state index in [1.807, 2.05) is 0 Å². The van der Waals surface area contributed by atoms with E-state index in [4.69, 9.17) is 5.11 Å². The van der Waals surface area contributed by atoms with E-state index in [1.54, 1.807) is 0 Å². The molecule has 1 N–H and O–H groups in total. The average Bonchev–Trinajstić information content (AvgIpc) is 2.03. The Morgan fingerprint density at radius 3 is 1.79 bits per heavy atom. The summed E-state index contributed by atoms with van der Waals surface area (Å²) in [4.78, 5) is 18.7. The first-order valence-corrected chi connectivity index (χ1v) is 3.15. The molecule has 0 radical (unpaired) electrons. The fourth-order valence-electron chi connectivity index (χ4n) is 0.814. The van der Waals surface area contributed by atoms with Crippen LogP contribution >= 0.6 is 0 Å². The van der Waals surface area contributed by atoms with Gasteiger partial charge in [0.05, 0.1) is 9.85 Å². The second-order valence-corrected chi connectivity index (χ2v) is 2.16. The standard InChI is InChI=1S/C6H4N2O5.Na.H/c9-6-4(7(10)11)2-1-3-5(6)8(12)13;;/h1-3,9H;;/q;+1;-1. The summed E-state index contributed by atoms with van der Waals surface area (Å²) < 4.78 is 0. The molecule has 7 nitrogen and oxygen atoms in total. The molecule has 14 heavy (non-hydrogen) atoms. The van der Waals surface area contributed by atoms with Crippen LogP contribution in [0.5, 0.6) is 5.75 Å². The van der Waals surface area contributed by atoms with Crippen LogP contribution in [-0.4, -0.2) is 15.0 Å². The van der Waals surface area contributed by atoms with Crippen molar-refractivity contribution in [3.05, 3.63) is 38.4 Å². The van der Waals surface area contributed by atoms with Gasteiger partial charge in [-0.2, -0.15) is 0 Å². The maximum Gasteiger partial charge on any atom is 1.00 e. The number of rotatable bonds is 2. The van der Waals surface area contributed by atoms with E-state index in [2.05, 4.69) is 0 Å². The van der Waals surface area contributed by atoms with Gasteiger partial charge in [0.1, 0.15) is 0 Å². The Morgan fingerprint density at radius 1 is 1.14 bits per heavy atom. The van der Waals surface area contributed by atoms with Crippen LogP contribution in [0.3, 0.4) is 0 Å². The van der Waals surface area contributed by atoms with E-state index in [9.17, 15) is 20.2 Å². The van der Waals surface area contributed by atoms with E-state index in [1.165, 1.54) is 0 Å².